The van der Waals surface area contributed by atoms with E-state index in [1.54, 1.807) is 12.1 Å². The summed E-state index contributed by atoms with van der Waals surface area (Å²) in [5, 5.41) is 41.4. The number of hydrogen-bond donors (Lipinski definition) is 5. The third-order valence-electron chi connectivity index (χ3n) is 3.83. The van der Waals surface area contributed by atoms with Gasteiger partial charge in [0.15, 0.2) is 12.6 Å². The fourth-order valence-corrected chi connectivity index (χ4v) is 2.38. The molecule has 2 unspecified atom stereocenters. The van der Waals surface area contributed by atoms with Crippen LogP contribution in [0.15, 0.2) is 33.5 Å². The lowest BCUT2D eigenvalue weighted by Gasteiger charge is -2.28. The van der Waals surface area contributed by atoms with E-state index in [-0.39, 0.29) is 11.1 Å². The highest BCUT2D eigenvalue weighted by atomic mass is 16.6. The number of benzene rings is 1. The van der Waals surface area contributed by atoms with Crippen LogP contribution in [0.1, 0.15) is 17.3 Å². The Labute approximate surface area is 148 Å². The summed E-state index contributed by atoms with van der Waals surface area (Å²) in [5.41, 5.74) is 0.0612. The first-order valence-electron chi connectivity index (χ1n) is 7.92. The van der Waals surface area contributed by atoms with Crippen molar-refractivity contribution in [2.75, 3.05) is 18.5 Å². The summed E-state index contributed by atoms with van der Waals surface area (Å²) in [5.74, 6) is 0. The van der Waals surface area contributed by atoms with Crippen molar-refractivity contribution in [3.8, 4) is 0 Å². The van der Waals surface area contributed by atoms with E-state index in [1.807, 2.05) is 0 Å². The topological polar surface area (TPSA) is 149 Å². The molecular formula is C17H21NO8. The van der Waals surface area contributed by atoms with Crippen molar-refractivity contribution in [2.45, 2.75) is 31.5 Å². The molecule has 2 rings (SSSR count). The second kappa shape index (κ2) is 8.88. The molecular weight excluding hydrogens is 346 g/mol. The van der Waals surface area contributed by atoms with Crippen LogP contribution in [0.25, 0.3) is 11.0 Å². The Morgan fingerprint density at radius 2 is 1.96 bits per heavy atom. The highest BCUT2D eigenvalue weighted by molar-refractivity contribution is 5.96. The number of carbonyl (C=O) groups excluding carboxylic acids is 1. The Balaban J connectivity index is 2.22. The van der Waals surface area contributed by atoms with Gasteiger partial charge in [0.25, 0.3) is 0 Å². The fourth-order valence-electron chi connectivity index (χ4n) is 2.38. The Kier molecular flexibility index (Phi) is 6.83. The third-order valence-corrected chi connectivity index (χ3v) is 3.83. The average Bonchev–Trinajstić information content (AvgIpc) is 2.62. The van der Waals surface area contributed by atoms with Gasteiger partial charge >= 0.3 is 5.63 Å². The maximum Gasteiger partial charge on any atom is 0.336 e. The highest BCUT2D eigenvalue weighted by Crippen LogP contribution is 2.21. The van der Waals surface area contributed by atoms with Crippen LogP contribution in [0.4, 0.5) is 5.69 Å². The van der Waals surface area contributed by atoms with Crippen molar-refractivity contribution in [2.24, 2.45) is 0 Å². The van der Waals surface area contributed by atoms with Crippen molar-refractivity contribution in [1.29, 1.82) is 0 Å². The largest absolute Gasteiger partial charge is 0.423 e. The monoisotopic (exact) mass is 367 g/mol. The van der Waals surface area contributed by atoms with Gasteiger partial charge in [0.2, 0.25) is 0 Å². The summed E-state index contributed by atoms with van der Waals surface area (Å²) >= 11 is 0. The van der Waals surface area contributed by atoms with Crippen LogP contribution in [0.5, 0.6) is 0 Å². The molecule has 0 bridgehead atoms. The summed E-state index contributed by atoms with van der Waals surface area (Å²) in [6.07, 6.45) is -3.03. The molecule has 0 saturated heterocycles. The Bertz CT molecular complexity index is 803. The van der Waals surface area contributed by atoms with Gasteiger partial charge in [0, 0.05) is 28.8 Å². The molecule has 1 aromatic heterocycles. The minimum absolute atomic E-state index is 0.161. The van der Waals surface area contributed by atoms with Crippen LogP contribution in [-0.2, 0) is 4.74 Å². The molecule has 0 saturated carbocycles. The van der Waals surface area contributed by atoms with Crippen LogP contribution in [0, 0.1) is 0 Å². The second-order valence-electron chi connectivity index (χ2n) is 5.77. The Morgan fingerprint density at radius 3 is 2.54 bits per heavy atom. The molecule has 0 fully saturated rings. The number of aliphatic hydroxyl groups excluding tert-OH is 4. The smallest absolute Gasteiger partial charge is 0.336 e. The van der Waals surface area contributed by atoms with Gasteiger partial charge in [-0.3, -0.25) is 4.79 Å². The molecule has 9 nitrogen and oxygen atoms in total. The fraction of sp³-hybridized carbons (Fsp3) is 0.412. The molecule has 0 amide bonds. The van der Waals surface area contributed by atoms with Crippen LogP contribution in [-0.4, -0.2) is 64.5 Å². The summed E-state index contributed by atoms with van der Waals surface area (Å²) < 4.78 is 10.2. The normalized spacial score (nSPS) is 16.0. The second-order valence-corrected chi connectivity index (χ2v) is 5.77. The summed E-state index contributed by atoms with van der Waals surface area (Å²) in [6.45, 7) is 0.364. The Morgan fingerprint density at radius 1 is 1.23 bits per heavy atom. The predicted octanol–water partition coefficient (Wildman–Crippen LogP) is -0.545. The number of rotatable bonds is 9. The first kappa shape index (κ1) is 20.0. The van der Waals surface area contributed by atoms with Gasteiger partial charge in [0.1, 0.15) is 17.7 Å². The first-order valence-corrected chi connectivity index (χ1v) is 7.92. The molecule has 4 atom stereocenters. The van der Waals surface area contributed by atoms with Gasteiger partial charge in [-0.1, -0.05) is 0 Å². The molecule has 1 aromatic carbocycles. The molecule has 142 valence electrons. The lowest BCUT2D eigenvalue weighted by Crippen LogP contribution is -2.44. The minimum atomic E-state index is -1.53. The van der Waals surface area contributed by atoms with E-state index < -0.39 is 43.4 Å². The van der Waals surface area contributed by atoms with Crippen LogP contribution in [0.3, 0.4) is 0 Å². The molecule has 0 spiro atoms. The molecule has 1 heterocycles. The van der Waals surface area contributed by atoms with E-state index in [2.05, 4.69) is 5.32 Å². The third kappa shape index (κ3) is 4.65. The minimum Gasteiger partial charge on any atom is -0.423 e. The molecule has 0 aliphatic rings. The van der Waals surface area contributed by atoms with Crippen molar-refractivity contribution in [3.63, 3.8) is 0 Å². The van der Waals surface area contributed by atoms with Crippen molar-refractivity contribution < 1.29 is 34.4 Å². The van der Waals surface area contributed by atoms with Crippen molar-refractivity contribution >= 4 is 22.9 Å². The van der Waals surface area contributed by atoms with Crippen molar-refractivity contribution in [3.05, 3.63) is 40.2 Å². The van der Waals surface area contributed by atoms with E-state index in [9.17, 15) is 24.9 Å². The number of nitrogens with one attached hydrogen (secondary N) is 1. The van der Waals surface area contributed by atoms with Crippen LogP contribution < -0.4 is 10.9 Å². The predicted molar refractivity (Wildman–Crippen MR) is 92.0 cm³/mol. The van der Waals surface area contributed by atoms with E-state index >= 15 is 0 Å². The maximum absolute atomic E-state index is 11.5. The van der Waals surface area contributed by atoms with Gasteiger partial charge in [-0.25, -0.2) is 4.79 Å². The number of aldehydes is 1. The first-order chi connectivity index (χ1) is 12.4. The maximum atomic E-state index is 11.5. The van der Waals surface area contributed by atoms with Gasteiger partial charge in [-0.05, 0) is 19.1 Å². The quantitative estimate of drug-likeness (QED) is 0.224. The SMILES string of the molecule is C[C@H](O)C(CO)OC(O)[C@H](CO)Nc1ccc2c(C=O)cc(=O)oc2c1. The van der Waals surface area contributed by atoms with E-state index in [1.165, 1.54) is 13.0 Å². The lowest BCUT2D eigenvalue weighted by atomic mass is 10.1. The standard InChI is InChI=1S/C17H21NO8/c1-9(22)15(8-21)26-17(24)13(7-20)18-11-2-3-12-10(6-19)4-16(23)25-14(12)5-11/h2-6,9,13,15,17-18,20-22,24H,7-8H2,1H3/t9-,13-,15?,17?/m0/s1. The van der Waals surface area contributed by atoms with Gasteiger partial charge < -0.3 is 34.9 Å². The van der Waals surface area contributed by atoms with E-state index in [4.69, 9.17) is 14.3 Å². The van der Waals surface area contributed by atoms with Gasteiger partial charge in [0.05, 0.1) is 19.3 Å². The van der Waals surface area contributed by atoms with E-state index in [0.29, 0.717) is 17.4 Å². The number of carbonyl (C=O) groups is 1. The zero-order valence-electron chi connectivity index (χ0n) is 14.0. The molecule has 0 aliphatic heterocycles. The molecule has 5 N–H and O–H groups in total. The lowest BCUT2D eigenvalue weighted by molar-refractivity contribution is -0.182. The number of anilines is 1. The summed E-state index contributed by atoms with van der Waals surface area (Å²) in [6, 6.07) is 4.67. The van der Waals surface area contributed by atoms with Gasteiger partial charge in [-0.2, -0.15) is 0 Å². The molecule has 0 aliphatic carbocycles. The van der Waals surface area contributed by atoms with Crippen LogP contribution >= 0.6 is 0 Å². The van der Waals surface area contributed by atoms with Crippen molar-refractivity contribution in [1.82, 2.24) is 0 Å². The zero-order valence-corrected chi connectivity index (χ0v) is 14.0. The zero-order chi connectivity index (χ0) is 19.3. The van der Waals surface area contributed by atoms with E-state index in [0.717, 1.165) is 6.07 Å². The molecule has 0 radical (unpaired) electrons. The molecule has 26 heavy (non-hydrogen) atoms. The average molecular weight is 367 g/mol. The number of fused-ring (bicyclic) bond motifs is 1. The highest BCUT2D eigenvalue weighted by Gasteiger charge is 2.25. The summed E-state index contributed by atoms with van der Waals surface area (Å²) in [7, 11) is 0. The molecule has 2 aromatic rings. The molecule has 9 heteroatoms. The number of hydrogen-bond acceptors (Lipinski definition) is 9. The van der Waals surface area contributed by atoms with Crippen LogP contribution in [0.2, 0.25) is 0 Å². The summed E-state index contributed by atoms with van der Waals surface area (Å²) in [4.78, 5) is 22.5. The Hall–Kier alpha value is -2.30. The number of ether oxygens (including phenoxy) is 1. The number of aliphatic hydroxyl groups is 4. The van der Waals surface area contributed by atoms with Gasteiger partial charge in [-0.15, -0.1) is 0 Å².